The Bertz CT molecular complexity index is 517. The van der Waals surface area contributed by atoms with Crippen molar-refractivity contribution in [3.05, 3.63) is 23.3 Å². The first-order chi connectivity index (χ1) is 9.98. The predicted molar refractivity (Wildman–Crippen MR) is 82.1 cm³/mol. The maximum atomic E-state index is 5.85. The average Bonchev–Trinajstić information content (AvgIpc) is 2.44. The average molecular weight is 290 g/mol. The minimum absolute atomic E-state index is 0.00660. The lowest BCUT2D eigenvalue weighted by Gasteiger charge is -2.36. The Balaban J connectivity index is 1.90. The molecule has 0 aromatic carbocycles. The van der Waals surface area contributed by atoms with Crippen LogP contribution in [0.25, 0.3) is 0 Å². The Kier molecular flexibility index (Phi) is 3.99. The highest BCUT2D eigenvalue weighted by Gasteiger charge is 2.33. The van der Waals surface area contributed by atoms with Crippen molar-refractivity contribution >= 4 is 0 Å². The van der Waals surface area contributed by atoms with Crippen LogP contribution in [0.15, 0.2) is 6.20 Å². The van der Waals surface area contributed by atoms with Crippen LogP contribution in [0.4, 0.5) is 0 Å². The molecule has 2 unspecified atom stereocenters. The Hall–Kier alpha value is -1.04. The first-order valence-corrected chi connectivity index (χ1v) is 7.81. The van der Waals surface area contributed by atoms with Crippen molar-refractivity contribution in [3.8, 4) is 0 Å². The molecule has 1 fully saturated rings. The van der Waals surface area contributed by atoms with Crippen molar-refractivity contribution in [2.45, 2.75) is 38.8 Å². The van der Waals surface area contributed by atoms with Gasteiger partial charge in [-0.2, -0.15) is 0 Å². The first-order valence-electron chi connectivity index (χ1n) is 7.81. The van der Waals surface area contributed by atoms with E-state index in [9.17, 15) is 0 Å². The van der Waals surface area contributed by atoms with Gasteiger partial charge in [-0.25, -0.2) is 9.97 Å². The van der Waals surface area contributed by atoms with E-state index in [1.165, 1.54) is 11.3 Å². The topological polar surface area (TPSA) is 50.3 Å². The van der Waals surface area contributed by atoms with Gasteiger partial charge in [0, 0.05) is 36.6 Å². The quantitative estimate of drug-likeness (QED) is 0.898. The van der Waals surface area contributed by atoms with E-state index in [2.05, 4.69) is 36.1 Å². The van der Waals surface area contributed by atoms with Crippen LogP contribution in [0.3, 0.4) is 0 Å². The Labute approximate surface area is 127 Å². The number of likely N-dealkylation sites (N-methyl/N-ethyl adjacent to an activating group) is 1. The van der Waals surface area contributed by atoms with E-state index in [-0.39, 0.29) is 11.5 Å². The Morgan fingerprint density at radius 2 is 2.24 bits per heavy atom. The molecule has 0 saturated carbocycles. The second kappa shape index (κ2) is 5.63. The third-order valence-electron chi connectivity index (χ3n) is 4.60. The van der Waals surface area contributed by atoms with Crippen LogP contribution in [-0.4, -0.2) is 48.7 Å². The van der Waals surface area contributed by atoms with E-state index in [0.29, 0.717) is 6.04 Å². The van der Waals surface area contributed by atoms with Crippen molar-refractivity contribution in [1.82, 2.24) is 20.2 Å². The first kappa shape index (κ1) is 14.9. The van der Waals surface area contributed by atoms with Gasteiger partial charge in [-0.15, -0.1) is 0 Å². The van der Waals surface area contributed by atoms with Crippen LogP contribution < -0.4 is 5.32 Å². The molecule has 1 aromatic heterocycles. The van der Waals surface area contributed by atoms with Gasteiger partial charge >= 0.3 is 0 Å². The maximum absolute atomic E-state index is 5.85. The molecule has 2 heterocycles. The van der Waals surface area contributed by atoms with E-state index < -0.39 is 0 Å². The third-order valence-corrected chi connectivity index (χ3v) is 4.60. The summed E-state index contributed by atoms with van der Waals surface area (Å²) in [5.74, 6) is 0.841. The Morgan fingerprint density at radius 1 is 1.43 bits per heavy atom. The van der Waals surface area contributed by atoms with Gasteiger partial charge in [0.25, 0.3) is 0 Å². The molecule has 2 atom stereocenters. The molecule has 1 N–H and O–H groups in total. The fraction of sp³-hybridized carbons (Fsp3) is 0.750. The summed E-state index contributed by atoms with van der Waals surface area (Å²) >= 11 is 0. The monoisotopic (exact) mass is 290 g/mol. The van der Waals surface area contributed by atoms with Crippen LogP contribution >= 0.6 is 0 Å². The molecular weight excluding hydrogens is 264 g/mol. The number of ether oxygens (including phenoxy) is 1. The zero-order valence-corrected chi connectivity index (χ0v) is 13.5. The van der Waals surface area contributed by atoms with E-state index in [1.54, 1.807) is 0 Å². The zero-order valence-electron chi connectivity index (χ0n) is 13.5. The van der Waals surface area contributed by atoms with Gasteiger partial charge in [0.1, 0.15) is 6.10 Å². The number of aromatic nitrogens is 2. The highest BCUT2D eigenvalue weighted by atomic mass is 16.5. The molecule has 116 valence electrons. The number of rotatable bonds is 2. The summed E-state index contributed by atoms with van der Waals surface area (Å²) < 4.78 is 5.85. The molecule has 0 amide bonds. The standard InChI is InChI=1S/C16H26N4O/c1-16(2)7-12(17-3)11-9-18-15(19-13(11)8-16)14-10-20(4)5-6-21-14/h9,12,14,17H,5-8,10H2,1-4H3. The summed E-state index contributed by atoms with van der Waals surface area (Å²) in [6.45, 7) is 7.24. The summed E-state index contributed by atoms with van der Waals surface area (Å²) in [4.78, 5) is 11.7. The lowest BCUT2D eigenvalue weighted by molar-refractivity contribution is -0.0257. The summed E-state index contributed by atoms with van der Waals surface area (Å²) in [7, 11) is 4.14. The van der Waals surface area contributed by atoms with Crippen LogP contribution in [0.2, 0.25) is 0 Å². The van der Waals surface area contributed by atoms with E-state index in [0.717, 1.165) is 38.4 Å². The van der Waals surface area contributed by atoms with Crippen molar-refractivity contribution in [2.24, 2.45) is 5.41 Å². The second-order valence-electron chi connectivity index (χ2n) is 7.14. The van der Waals surface area contributed by atoms with Crippen LogP contribution in [0.5, 0.6) is 0 Å². The minimum Gasteiger partial charge on any atom is -0.368 e. The molecule has 0 bridgehead atoms. The molecular formula is C16H26N4O. The molecule has 5 heteroatoms. The number of nitrogens with one attached hydrogen (secondary N) is 1. The van der Waals surface area contributed by atoms with Crippen LogP contribution in [-0.2, 0) is 11.2 Å². The second-order valence-corrected chi connectivity index (χ2v) is 7.14. The third kappa shape index (κ3) is 3.10. The summed E-state index contributed by atoms with van der Waals surface area (Å²) in [5, 5.41) is 3.40. The smallest absolute Gasteiger partial charge is 0.158 e. The largest absolute Gasteiger partial charge is 0.368 e. The van der Waals surface area contributed by atoms with E-state index >= 15 is 0 Å². The number of hydrogen-bond donors (Lipinski definition) is 1. The summed E-state index contributed by atoms with van der Waals surface area (Å²) in [6, 6.07) is 0.354. The zero-order chi connectivity index (χ0) is 15.0. The van der Waals surface area contributed by atoms with E-state index in [1.807, 2.05) is 13.2 Å². The van der Waals surface area contributed by atoms with Crippen LogP contribution in [0.1, 0.15) is 49.5 Å². The molecule has 1 saturated heterocycles. The SMILES string of the molecule is CNC1CC(C)(C)Cc2nc(C3CN(C)CCO3)ncc21. The molecule has 3 rings (SSSR count). The minimum atomic E-state index is 0.00660. The van der Waals surface area contributed by atoms with Crippen molar-refractivity contribution < 1.29 is 4.74 Å². The normalized spacial score (nSPS) is 29.1. The maximum Gasteiger partial charge on any atom is 0.158 e. The highest BCUT2D eigenvalue weighted by Crippen LogP contribution is 2.39. The fourth-order valence-electron chi connectivity index (χ4n) is 3.41. The molecule has 1 aliphatic heterocycles. The number of morpholine rings is 1. The summed E-state index contributed by atoms with van der Waals surface area (Å²) in [6.07, 6.45) is 4.15. The number of nitrogens with zero attached hydrogens (tertiary/aromatic N) is 3. The number of hydrogen-bond acceptors (Lipinski definition) is 5. The van der Waals surface area contributed by atoms with Gasteiger partial charge in [-0.3, -0.25) is 0 Å². The molecule has 21 heavy (non-hydrogen) atoms. The molecule has 2 aliphatic rings. The van der Waals surface area contributed by atoms with Gasteiger partial charge in [0.2, 0.25) is 0 Å². The molecule has 0 spiro atoms. The lowest BCUT2D eigenvalue weighted by Crippen LogP contribution is -2.37. The van der Waals surface area contributed by atoms with Crippen LogP contribution in [0, 0.1) is 5.41 Å². The molecule has 1 aromatic rings. The van der Waals surface area contributed by atoms with Gasteiger partial charge in [0.15, 0.2) is 5.82 Å². The highest BCUT2D eigenvalue weighted by molar-refractivity contribution is 5.27. The van der Waals surface area contributed by atoms with Gasteiger partial charge in [-0.05, 0) is 32.4 Å². The van der Waals surface area contributed by atoms with Crippen molar-refractivity contribution in [3.63, 3.8) is 0 Å². The predicted octanol–water partition coefficient (Wildman–Crippen LogP) is 1.71. The molecule has 5 nitrogen and oxygen atoms in total. The lowest BCUT2D eigenvalue weighted by atomic mass is 9.74. The Morgan fingerprint density at radius 3 is 2.95 bits per heavy atom. The van der Waals surface area contributed by atoms with Crippen molar-refractivity contribution in [2.75, 3.05) is 33.8 Å². The molecule has 1 aliphatic carbocycles. The van der Waals surface area contributed by atoms with Gasteiger partial charge in [-0.1, -0.05) is 13.8 Å². The van der Waals surface area contributed by atoms with E-state index in [4.69, 9.17) is 9.72 Å². The van der Waals surface area contributed by atoms with Crippen molar-refractivity contribution in [1.29, 1.82) is 0 Å². The molecule has 0 radical (unpaired) electrons. The van der Waals surface area contributed by atoms with Gasteiger partial charge < -0.3 is 15.0 Å². The number of fused-ring (bicyclic) bond motifs is 1. The fourth-order valence-corrected chi connectivity index (χ4v) is 3.41. The van der Waals surface area contributed by atoms with Gasteiger partial charge in [0.05, 0.1) is 6.61 Å². The summed E-state index contributed by atoms with van der Waals surface area (Å²) in [5.41, 5.74) is 2.72.